The quantitative estimate of drug-likeness (QED) is 0.551. The average molecular weight is 345 g/mol. The third kappa shape index (κ3) is 3.99. The molecule has 0 radical (unpaired) electrons. The van der Waals surface area contributed by atoms with Crippen molar-refractivity contribution in [2.75, 3.05) is 31.2 Å². The van der Waals surface area contributed by atoms with Gasteiger partial charge < -0.3 is 16.4 Å². The molecule has 0 spiro atoms. The summed E-state index contributed by atoms with van der Waals surface area (Å²) in [4.78, 5) is 20.1. The van der Waals surface area contributed by atoms with Gasteiger partial charge in [-0.15, -0.1) is 0 Å². The van der Waals surface area contributed by atoms with E-state index in [2.05, 4.69) is 20.6 Å². The second-order valence-corrected chi connectivity index (χ2v) is 4.89. The normalized spacial score (nSPS) is 11.3. The maximum absolute atomic E-state index is 13.2. The minimum absolute atomic E-state index is 0. The summed E-state index contributed by atoms with van der Waals surface area (Å²) >= 11 is 0. The lowest BCUT2D eigenvalue weighted by atomic mass is 10.0. The van der Waals surface area contributed by atoms with Gasteiger partial charge in [0.25, 0.3) is 0 Å². The molecule has 9 heteroatoms. The number of nitrogen functional groups attached to an aromatic ring is 1. The summed E-state index contributed by atoms with van der Waals surface area (Å²) in [6.45, 7) is 1.03. The highest BCUT2D eigenvalue weighted by molar-refractivity contribution is 6.11. The Kier molecular flexibility index (Phi) is 5.35. The molecule has 0 fully saturated rings. The zero-order valence-electron chi connectivity index (χ0n) is 12.8. The number of alkyl halides is 3. The minimum Gasteiger partial charge on any atom is -0.383 e. The predicted octanol–water partition coefficient (Wildman–Crippen LogP) is 2.68. The van der Waals surface area contributed by atoms with Gasteiger partial charge in [0.2, 0.25) is 5.78 Å². The lowest BCUT2D eigenvalue weighted by molar-refractivity contribution is -0.138. The molecule has 2 aromatic heterocycles. The summed E-state index contributed by atoms with van der Waals surface area (Å²) in [5.74, 6) is -0.903. The predicted molar refractivity (Wildman–Crippen MR) is 90.1 cm³/mol. The van der Waals surface area contributed by atoms with Gasteiger partial charge >= 0.3 is 6.18 Å². The standard InChI is InChI=1S/C15H16F3N5O.3H2/c1-20-7-8-21-11-5-4-10(15(16,17)18)12(23-11)13(24)9-3-2-6-22-14(9)19;;;/h2-6,20H,7-8H2,1H3,(H2,19,22)(H,21,23);3*1H. The van der Waals surface area contributed by atoms with Crippen molar-refractivity contribution < 1.29 is 22.2 Å². The van der Waals surface area contributed by atoms with E-state index in [1.807, 2.05) is 0 Å². The van der Waals surface area contributed by atoms with Gasteiger partial charge in [0.15, 0.2) is 0 Å². The van der Waals surface area contributed by atoms with Gasteiger partial charge in [0.1, 0.15) is 17.3 Å². The van der Waals surface area contributed by atoms with Crippen LogP contribution in [-0.4, -0.2) is 35.9 Å². The molecule has 134 valence electrons. The fourth-order valence-corrected chi connectivity index (χ4v) is 2.01. The summed E-state index contributed by atoms with van der Waals surface area (Å²) in [7, 11) is 1.74. The van der Waals surface area contributed by atoms with Crippen molar-refractivity contribution in [3.8, 4) is 0 Å². The van der Waals surface area contributed by atoms with Gasteiger partial charge in [0, 0.05) is 23.6 Å². The first-order chi connectivity index (χ1) is 11.3. The molecule has 0 aliphatic carbocycles. The van der Waals surface area contributed by atoms with Crippen molar-refractivity contribution in [1.29, 1.82) is 0 Å². The van der Waals surface area contributed by atoms with E-state index in [1.54, 1.807) is 7.05 Å². The van der Waals surface area contributed by atoms with Crippen molar-refractivity contribution in [3.05, 3.63) is 47.3 Å². The van der Waals surface area contributed by atoms with Crippen LogP contribution >= 0.6 is 0 Å². The smallest absolute Gasteiger partial charge is 0.383 e. The van der Waals surface area contributed by atoms with Gasteiger partial charge in [-0.3, -0.25) is 4.79 Å². The molecular weight excluding hydrogens is 323 g/mol. The fourth-order valence-electron chi connectivity index (χ4n) is 2.01. The van der Waals surface area contributed by atoms with Crippen LogP contribution in [0, 0.1) is 0 Å². The second kappa shape index (κ2) is 7.26. The number of nitrogens with zero attached hydrogens (tertiary/aromatic N) is 2. The van der Waals surface area contributed by atoms with Crippen LogP contribution in [0.4, 0.5) is 24.8 Å². The van der Waals surface area contributed by atoms with Gasteiger partial charge in [-0.2, -0.15) is 13.2 Å². The number of anilines is 2. The number of hydrogen-bond donors (Lipinski definition) is 3. The Morgan fingerprint density at radius 2 is 2.04 bits per heavy atom. The number of nitrogens with one attached hydrogen (secondary N) is 2. The molecule has 6 nitrogen and oxygen atoms in total. The Labute approximate surface area is 140 Å². The fraction of sp³-hybridized carbons (Fsp3) is 0.267. The third-order valence-corrected chi connectivity index (χ3v) is 3.18. The monoisotopic (exact) mass is 345 g/mol. The molecule has 0 saturated heterocycles. The van der Waals surface area contributed by atoms with Crippen molar-refractivity contribution in [1.82, 2.24) is 15.3 Å². The van der Waals surface area contributed by atoms with Crippen molar-refractivity contribution >= 4 is 17.4 Å². The number of hydrogen-bond acceptors (Lipinski definition) is 6. The first-order valence-electron chi connectivity index (χ1n) is 7.06. The van der Waals surface area contributed by atoms with E-state index in [9.17, 15) is 18.0 Å². The zero-order chi connectivity index (χ0) is 17.7. The average Bonchev–Trinajstić information content (AvgIpc) is 2.54. The summed E-state index contributed by atoms with van der Waals surface area (Å²) in [6, 6.07) is 4.75. The van der Waals surface area contributed by atoms with Crippen molar-refractivity contribution in [3.63, 3.8) is 0 Å². The van der Waals surface area contributed by atoms with Gasteiger partial charge in [-0.05, 0) is 31.3 Å². The highest BCUT2D eigenvalue weighted by atomic mass is 19.4. The van der Waals surface area contributed by atoms with Crippen LogP contribution in [0.15, 0.2) is 30.5 Å². The number of likely N-dealkylation sites (N-methyl/N-ethyl adjacent to an activating group) is 1. The summed E-state index contributed by atoms with van der Waals surface area (Å²) < 4.78 is 39.6. The molecule has 0 aromatic carbocycles. The molecule has 2 heterocycles. The van der Waals surface area contributed by atoms with E-state index in [4.69, 9.17) is 5.73 Å². The molecule has 0 unspecified atom stereocenters. The first kappa shape index (κ1) is 17.7. The number of aromatic nitrogens is 2. The van der Waals surface area contributed by atoms with Crippen LogP contribution < -0.4 is 16.4 Å². The second-order valence-electron chi connectivity index (χ2n) is 4.89. The van der Waals surface area contributed by atoms with Crippen LogP contribution in [0.5, 0.6) is 0 Å². The van der Waals surface area contributed by atoms with Crippen LogP contribution in [0.25, 0.3) is 0 Å². The Bertz CT molecular complexity index is 747. The molecule has 0 aliphatic heterocycles. The van der Waals surface area contributed by atoms with Crippen LogP contribution in [0.3, 0.4) is 0 Å². The highest BCUT2D eigenvalue weighted by Crippen LogP contribution is 2.33. The maximum Gasteiger partial charge on any atom is 0.418 e. The SMILES string of the molecule is CNCCNc1ccc(C(F)(F)F)c(C(=O)c2cccnc2N)n1.[HH].[HH].[HH]. The molecule has 0 bridgehead atoms. The Morgan fingerprint density at radius 3 is 2.67 bits per heavy atom. The van der Waals surface area contributed by atoms with Crippen LogP contribution in [0.1, 0.15) is 25.9 Å². The molecule has 0 atom stereocenters. The van der Waals surface area contributed by atoms with E-state index in [0.29, 0.717) is 13.1 Å². The summed E-state index contributed by atoms with van der Waals surface area (Å²) in [5, 5.41) is 5.73. The lowest BCUT2D eigenvalue weighted by Crippen LogP contribution is -2.21. The van der Waals surface area contributed by atoms with Gasteiger partial charge in [-0.1, -0.05) is 0 Å². The van der Waals surface area contributed by atoms with Crippen LogP contribution in [0.2, 0.25) is 0 Å². The third-order valence-electron chi connectivity index (χ3n) is 3.18. The molecule has 24 heavy (non-hydrogen) atoms. The zero-order valence-corrected chi connectivity index (χ0v) is 12.8. The Hall–Kier alpha value is -2.68. The van der Waals surface area contributed by atoms with Crippen LogP contribution in [-0.2, 0) is 6.18 Å². The lowest BCUT2D eigenvalue weighted by Gasteiger charge is -2.14. The van der Waals surface area contributed by atoms with E-state index in [-0.39, 0.29) is 21.5 Å². The molecule has 2 rings (SSSR count). The van der Waals surface area contributed by atoms with E-state index >= 15 is 0 Å². The van der Waals surface area contributed by atoms with E-state index in [1.165, 1.54) is 24.4 Å². The number of carbonyl (C=O) groups excluding carboxylic acids is 1. The number of halogens is 3. The minimum atomic E-state index is -4.71. The van der Waals surface area contributed by atoms with Crippen molar-refractivity contribution in [2.45, 2.75) is 6.18 Å². The van der Waals surface area contributed by atoms with E-state index < -0.39 is 23.2 Å². The summed E-state index contributed by atoms with van der Waals surface area (Å²) in [6.07, 6.45) is -3.36. The molecule has 4 N–H and O–H groups in total. The highest BCUT2D eigenvalue weighted by Gasteiger charge is 2.37. The largest absolute Gasteiger partial charge is 0.418 e. The maximum atomic E-state index is 13.2. The summed E-state index contributed by atoms with van der Waals surface area (Å²) in [5.41, 5.74) is 3.64. The number of rotatable bonds is 6. The number of pyridine rings is 2. The molecule has 0 amide bonds. The molecular formula is C15H22F3N5O. The topological polar surface area (TPSA) is 92.9 Å². The first-order valence-corrected chi connectivity index (χ1v) is 7.06. The molecule has 0 saturated carbocycles. The number of nitrogens with two attached hydrogens (primary N) is 1. The van der Waals surface area contributed by atoms with Gasteiger partial charge in [0.05, 0.1) is 11.1 Å². The van der Waals surface area contributed by atoms with Gasteiger partial charge in [-0.25, -0.2) is 9.97 Å². The van der Waals surface area contributed by atoms with Crippen molar-refractivity contribution in [2.24, 2.45) is 0 Å². The Balaban J connectivity index is 0. The number of ketones is 1. The van der Waals surface area contributed by atoms with E-state index in [0.717, 1.165) is 6.07 Å². The number of carbonyl (C=O) groups is 1. The molecule has 0 aliphatic rings. The Morgan fingerprint density at radius 1 is 1.29 bits per heavy atom. The molecule has 2 aromatic rings.